The summed E-state index contributed by atoms with van der Waals surface area (Å²) in [6.07, 6.45) is 9.83. The van der Waals surface area contributed by atoms with Gasteiger partial charge in [-0.25, -0.2) is 0 Å². The molecule has 3 atom stereocenters. The van der Waals surface area contributed by atoms with Gasteiger partial charge in [0.1, 0.15) is 6.10 Å². The Bertz CT molecular complexity index is 595. The van der Waals surface area contributed by atoms with Crippen LogP contribution in [-0.2, 0) is 9.53 Å². The standard InChI is InChI=1S/C21H28O5/c1-3-18(22)12-9-6-10-15-19(23)13-7-4-5-8-14-20(24)16-11-17-21(25)26-2/h4-5,7,9,12-13,18-20,22-24H,3,11,15-17H2,1-2H3. The van der Waals surface area contributed by atoms with Crippen molar-refractivity contribution in [3.05, 3.63) is 36.5 Å². The Morgan fingerprint density at radius 2 is 1.85 bits per heavy atom. The Kier molecular flexibility index (Phi) is 14.7. The van der Waals surface area contributed by atoms with E-state index in [1.165, 1.54) is 7.11 Å². The summed E-state index contributed by atoms with van der Waals surface area (Å²) in [5.74, 6) is 10.6. The van der Waals surface area contributed by atoms with Gasteiger partial charge in [0.05, 0.1) is 19.3 Å². The molecule has 3 N–H and O–H groups in total. The molecule has 0 rings (SSSR count). The third kappa shape index (κ3) is 15.2. The van der Waals surface area contributed by atoms with Crippen molar-refractivity contribution in [2.24, 2.45) is 0 Å². The van der Waals surface area contributed by atoms with Crippen molar-refractivity contribution in [3.63, 3.8) is 0 Å². The normalized spacial score (nSPS) is 14.5. The molecule has 0 bridgehead atoms. The van der Waals surface area contributed by atoms with Crippen molar-refractivity contribution in [3.8, 4) is 23.7 Å². The maximum Gasteiger partial charge on any atom is 0.305 e. The van der Waals surface area contributed by atoms with Crippen molar-refractivity contribution < 1.29 is 24.9 Å². The summed E-state index contributed by atoms with van der Waals surface area (Å²) in [6, 6.07) is 0. The molecule has 0 aliphatic heterocycles. The minimum Gasteiger partial charge on any atom is -0.469 e. The highest BCUT2D eigenvalue weighted by Crippen LogP contribution is 2.01. The van der Waals surface area contributed by atoms with E-state index in [4.69, 9.17) is 0 Å². The van der Waals surface area contributed by atoms with Gasteiger partial charge in [-0.05, 0) is 37.5 Å². The summed E-state index contributed by atoms with van der Waals surface area (Å²) in [5, 5.41) is 28.6. The number of ether oxygens (including phenoxy) is 1. The lowest BCUT2D eigenvalue weighted by molar-refractivity contribution is -0.140. The van der Waals surface area contributed by atoms with E-state index in [2.05, 4.69) is 28.4 Å². The number of hydrogen-bond donors (Lipinski definition) is 3. The first-order valence-electron chi connectivity index (χ1n) is 8.60. The minimum absolute atomic E-state index is 0.267. The molecule has 5 nitrogen and oxygen atoms in total. The van der Waals surface area contributed by atoms with Crippen LogP contribution in [0, 0.1) is 23.7 Å². The zero-order chi connectivity index (χ0) is 19.6. The summed E-state index contributed by atoms with van der Waals surface area (Å²) in [6.45, 7) is 1.88. The lowest BCUT2D eigenvalue weighted by Crippen LogP contribution is -2.05. The predicted molar refractivity (Wildman–Crippen MR) is 102 cm³/mol. The van der Waals surface area contributed by atoms with Crippen LogP contribution < -0.4 is 0 Å². The highest BCUT2D eigenvalue weighted by atomic mass is 16.5. The van der Waals surface area contributed by atoms with Crippen molar-refractivity contribution in [2.45, 2.75) is 57.3 Å². The molecule has 26 heavy (non-hydrogen) atoms. The molecular formula is C21H28O5. The van der Waals surface area contributed by atoms with Crippen LogP contribution in [0.2, 0.25) is 0 Å². The van der Waals surface area contributed by atoms with E-state index in [1.54, 1.807) is 36.5 Å². The predicted octanol–water partition coefficient (Wildman–Crippen LogP) is 1.89. The number of rotatable bonds is 9. The first kappa shape index (κ1) is 23.7. The lowest BCUT2D eigenvalue weighted by atomic mass is 10.1. The molecule has 0 heterocycles. The van der Waals surface area contributed by atoms with Crippen LogP contribution >= 0.6 is 0 Å². The second-order valence-corrected chi connectivity index (χ2v) is 5.44. The molecule has 0 aromatic carbocycles. The number of carbonyl (C=O) groups is 1. The van der Waals surface area contributed by atoms with E-state index < -0.39 is 18.3 Å². The number of esters is 1. The van der Waals surface area contributed by atoms with Crippen LogP contribution in [0.25, 0.3) is 0 Å². The summed E-state index contributed by atoms with van der Waals surface area (Å²) in [5.41, 5.74) is 0. The average Bonchev–Trinajstić information content (AvgIpc) is 2.63. The van der Waals surface area contributed by atoms with Gasteiger partial charge in [0.25, 0.3) is 0 Å². The van der Waals surface area contributed by atoms with Crippen molar-refractivity contribution in [2.75, 3.05) is 7.11 Å². The number of aliphatic hydroxyl groups excluding tert-OH is 3. The van der Waals surface area contributed by atoms with E-state index in [0.29, 0.717) is 25.7 Å². The van der Waals surface area contributed by atoms with Crippen molar-refractivity contribution in [1.29, 1.82) is 0 Å². The lowest BCUT2D eigenvalue weighted by Gasteiger charge is -2.01. The number of carbonyl (C=O) groups excluding carboxylic acids is 1. The molecule has 0 spiro atoms. The van der Waals surface area contributed by atoms with Gasteiger partial charge in [0.2, 0.25) is 0 Å². The second-order valence-electron chi connectivity index (χ2n) is 5.44. The van der Waals surface area contributed by atoms with E-state index in [0.717, 1.165) is 0 Å². The van der Waals surface area contributed by atoms with E-state index in [1.807, 2.05) is 6.92 Å². The maximum absolute atomic E-state index is 10.9. The minimum atomic E-state index is -0.784. The van der Waals surface area contributed by atoms with Gasteiger partial charge in [0.15, 0.2) is 0 Å². The molecule has 0 amide bonds. The van der Waals surface area contributed by atoms with Crippen LogP contribution in [0.3, 0.4) is 0 Å². The summed E-state index contributed by atoms with van der Waals surface area (Å²) in [7, 11) is 1.33. The largest absolute Gasteiger partial charge is 0.469 e. The number of methoxy groups -OCH3 is 1. The van der Waals surface area contributed by atoms with Crippen LogP contribution in [0.5, 0.6) is 0 Å². The Balaban J connectivity index is 4.04. The molecule has 0 aromatic heterocycles. The van der Waals surface area contributed by atoms with E-state index >= 15 is 0 Å². The van der Waals surface area contributed by atoms with Gasteiger partial charge in [-0.1, -0.05) is 48.8 Å². The second kappa shape index (κ2) is 16.2. The molecule has 0 saturated heterocycles. The topological polar surface area (TPSA) is 87.0 Å². The van der Waals surface area contributed by atoms with Gasteiger partial charge >= 0.3 is 5.97 Å². The fourth-order valence-corrected chi connectivity index (χ4v) is 1.64. The van der Waals surface area contributed by atoms with Crippen LogP contribution in [0.4, 0.5) is 0 Å². The monoisotopic (exact) mass is 360 g/mol. The molecule has 0 aromatic rings. The number of allylic oxidation sites excluding steroid dienone is 4. The third-order valence-corrected chi connectivity index (χ3v) is 3.19. The Labute approximate surface area is 156 Å². The maximum atomic E-state index is 10.9. The number of aliphatic hydroxyl groups is 3. The fourth-order valence-electron chi connectivity index (χ4n) is 1.64. The summed E-state index contributed by atoms with van der Waals surface area (Å²) < 4.78 is 4.51. The molecule has 0 saturated carbocycles. The highest BCUT2D eigenvalue weighted by molar-refractivity contribution is 5.68. The zero-order valence-corrected chi connectivity index (χ0v) is 15.4. The molecular weight excluding hydrogens is 332 g/mol. The smallest absolute Gasteiger partial charge is 0.305 e. The Morgan fingerprint density at radius 3 is 2.54 bits per heavy atom. The van der Waals surface area contributed by atoms with Crippen LogP contribution in [0.15, 0.2) is 36.5 Å². The highest BCUT2D eigenvalue weighted by Gasteiger charge is 2.03. The molecule has 142 valence electrons. The van der Waals surface area contributed by atoms with E-state index in [9.17, 15) is 20.1 Å². The van der Waals surface area contributed by atoms with Crippen molar-refractivity contribution in [1.82, 2.24) is 0 Å². The van der Waals surface area contributed by atoms with Crippen molar-refractivity contribution >= 4 is 5.97 Å². The molecule has 0 aliphatic carbocycles. The quantitative estimate of drug-likeness (QED) is 0.332. The SMILES string of the molecule is CCC(O)C=CC#CCC(O)C=CC=CC#CC(O)CCCC(=O)OC. The molecule has 0 radical (unpaired) electrons. The third-order valence-electron chi connectivity index (χ3n) is 3.19. The van der Waals surface area contributed by atoms with E-state index in [-0.39, 0.29) is 12.4 Å². The fraction of sp³-hybridized carbons (Fsp3) is 0.476. The first-order chi connectivity index (χ1) is 12.5. The molecule has 0 fully saturated rings. The summed E-state index contributed by atoms with van der Waals surface area (Å²) >= 11 is 0. The Morgan fingerprint density at radius 1 is 1.08 bits per heavy atom. The number of hydrogen-bond acceptors (Lipinski definition) is 5. The molecule has 3 unspecified atom stereocenters. The molecule has 5 heteroatoms. The van der Waals surface area contributed by atoms with Gasteiger partial charge in [-0.15, -0.1) is 0 Å². The van der Waals surface area contributed by atoms with Gasteiger partial charge in [-0.2, -0.15) is 0 Å². The van der Waals surface area contributed by atoms with Gasteiger partial charge in [0, 0.05) is 12.8 Å². The average molecular weight is 360 g/mol. The van der Waals surface area contributed by atoms with Gasteiger partial charge in [-0.3, -0.25) is 4.79 Å². The van der Waals surface area contributed by atoms with Gasteiger partial charge < -0.3 is 20.1 Å². The Hall–Kier alpha value is -2.31. The van der Waals surface area contributed by atoms with Crippen LogP contribution in [0.1, 0.15) is 39.0 Å². The zero-order valence-electron chi connectivity index (χ0n) is 15.4. The molecule has 0 aliphatic rings. The summed E-state index contributed by atoms with van der Waals surface area (Å²) in [4.78, 5) is 10.9. The first-order valence-corrected chi connectivity index (χ1v) is 8.60. The van der Waals surface area contributed by atoms with Crippen LogP contribution in [-0.4, -0.2) is 46.7 Å².